The number of aliphatic hydroxyl groups excluding tert-OH is 1. The molecule has 0 aliphatic rings. The summed E-state index contributed by atoms with van der Waals surface area (Å²) >= 11 is 0. The Bertz CT molecular complexity index is 1700. The largest absolute Gasteiger partial charge is 0.472 e. The predicted molar refractivity (Wildman–Crippen MR) is 391 cm³/mol. The molecule has 96 heavy (non-hydrogen) atoms. The van der Waals surface area contributed by atoms with Crippen LogP contribution in [0.25, 0.3) is 0 Å². The van der Waals surface area contributed by atoms with E-state index >= 15 is 0 Å². The van der Waals surface area contributed by atoms with Crippen LogP contribution in [0.15, 0.2) is 0 Å². The molecule has 0 aromatic carbocycles. The van der Waals surface area contributed by atoms with E-state index in [0.717, 1.165) is 89.9 Å². The van der Waals surface area contributed by atoms with Crippen LogP contribution in [0.4, 0.5) is 0 Å². The second-order valence-corrected chi connectivity index (χ2v) is 30.7. The predicted octanol–water partition coefficient (Wildman–Crippen LogP) is 23.0. The molecule has 0 rings (SSSR count). The lowest BCUT2D eigenvalue weighted by Crippen LogP contribution is -2.30. The van der Waals surface area contributed by atoms with Crippen LogP contribution in [-0.4, -0.2) is 96.7 Å². The zero-order chi connectivity index (χ0) is 70.4. The first-order valence-electron chi connectivity index (χ1n) is 40.3. The van der Waals surface area contributed by atoms with Gasteiger partial charge in [-0.1, -0.05) is 362 Å². The van der Waals surface area contributed by atoms with Gasteiger partial charge in [-0.15, -0.1) is 0 Å². The molecule has 0 saturated carbocycles. The number of phosphoric ester groups is 2. The fourth-order valence-electron chi connectivity index (χ4n) is 11.9. The standard InChI is InChI=1S/C77H150O17P2/c1-5-9-13-17-21-25-29-33-35-39-41-45-49-53-57-61-74(79)87-67-72(93-76(81)63-59-55-51-47-43-37-31-27-23-19-15-11-7-3)69-91-95(83,84)89-65-71(78)66-90-96(85,86)92-70-73(94-77(82)64-60-56-52-48-44-38-32-28-24-20-16-12-8-4)68-88-75(80)62-58-54-50-46-42-40-36-34-30-26-22-18-14-10-6-2/h71-73,78H,5-70H2,1-4H3,(H,83,84)(H,85,86). The minimum atomic E-state index is -4.96. The van der Waals surface area contributed by atoms with Crippen LogP contribution < -0.4 is 0 Å². The van der Waals surface area contributed by atoms with Crippen LogP contribution in [-0.2, 0) is 65.4 Å². The number of hydrogen-bond acceptors (Lipinski definition) is 15. The Kier molecular flexibility index (Phi) is 70.0. The molecule has 17 nitrogen and oxygen atoms in total. The molecule has 0 bridgehead atoms. The molecule has 0 fully saturated rings. The summed E-state index contributed by atoms with van der Waals surface area (Å²) in [6.07, 6.45) is 62.1. The van der Waals surface area contributed by atoms with Gasteiger partial charge in [0, 0.05) is 25.7 Å². The molecule has 0 aliphatic carbocycles. The fourth-order valence-corrected chi connectivity index (χ4v) is 13.5. The number of carbonyl (C=O) groups is 4. The Balaban J connectivity index is 5.25. The monoisotopic (exact) mass is 1410 g/mol. The van der Waals surface area contributed by atoms with E-state index in [2.05, 4.69) is 27.7 Å². The summed E-state index contributed by atoms with van der Waals surface area (Å²) in [5.41, 5.74) is 0. The molecule has 0 aliphatic heterocycles. The van der Waals surface area contributed by atoms with Crippen molar-refractivity contribution < 1.29 is 80.2 Å². The zero-order valence-corrected chi connectivity index (χ0v) is 64.1. The number of rotatable bonds is 78. The van der Waals surface area contributed by atoms with Crippen LogP contribution in [0.5, 0.6) is 0 Å². The van der Waals surface area contributed by atoms with E-state index < -0.39 is 97.5 Å². The first kappa shape index (κ1) is 94.1. The summed E-state index contributed by atoms with van der Waals surface area (Å²) in [5.74, 6) is -2.11. The smallest absolute Gasteiger partial charge is 0.462 e. The number of carbonyl (C=O) groups excluding carboxylic acids is 4. The lowest BCUT2D eigenvalue weighted by Gasteiger charge is -2.21. The molecule has 0 aromatic rings. The molecule has 570 valence electrons. The van der Waals surface area contributed by atoms with Crippen molar-refractivity contribution in [1.82, 2.24) is 0 Å². The molecular formula is C77H150O17P2. The highest BCUT2D eigenvalue weighted by Crippen LogP contribution is 2.45. The second kappa shape index (κ2) is 71.5. The lowest BCUT2D eigenvalue weighted by molar-refractivity contribution is -0.161. The van der Waals surface area contributed by atoms with Gasteiger partial charge in [-0.2, -0.15) is 0 Å². The molecule has 0 heterocycles. The Hall–Kier alpha value is -1.94. The van der Waals surface area contributed by atoms with Crippen molar-refractivity contribution in [3.05, 3.63) is 0 Å². The molecule has 3 N–H and O–H groups in total. The summed E-state index contributed by atoms with van der Waals surface area (Å²) in [4.78, 5) is 72.9. The Morgan fingerprint density at radius 3 is 0.615 bits per heavy atom. The van der Waals surface area contributed by atoms with Gasteiger partial charge in [0.25, 0.3) is 0 Å². The van der Waals surface area contributed by atoms with E-state index in [4.69, 9.17) is 37.0 Å². The molecule has 0 amide bonds. The summed E-state index contributed by atoms with van der Waals surface area (Å²) in [6.45, 7) is 5.01. The molecule has 0 spiro atoms. The van der Waals surface area contributed by atoms with Gasteiger partial charge in [-0.3, -0.25) is 37.3 Å². The number of hydrogen-bond donors (Lipinski definition) is 3. The Morgan fingerprint density at radius 2 is 0.417 bits per heavy atom. The molecule has 19 heteroatoms. The average Bonchev–Trinajstić information content (AvgIpc) is 1.14. The van der Waals surface area contributed by atoms with Gasteiger partial charge in [0.1, 0.15) is 19.3 Å². The molecule has 0 saturated heterocycles. The van der Waals surface area contributed by atoms with Crippen molar-refractivity contribution in [3.63, 3.8) is 0 Å². The van der Waals surface area contributed by atoms with E-state index in [-0.39, 0.29) is 25.7 Å². The van der Waals surface area contributed by atoms with Gasteiger partial charge in [0.15, 0.2) is 12.2 Å². The van der Waals surface area contributed by atoms with Gasteiger partial charge in [-0.05, 0) is 25.7 Å². The van der Waals surface area contributed by atoms with Crippen molar-refractivity contribution in [1.29, 1.82) is 0 Å². The number of aliphatic hydroxyl groups is 1. The topological polar surface area (TPSA) is 237 Å². The van der Waals surface area contributed by atoms with Gasteiger partial charge < -0.3 is 33.8 Å². The van der Waals surface area contributed by atoms with Crippen LogP contribution in [0.2, 0.25) is 0 Å². The maximum absolute atomic E-state index is 13.1. The first-order valence-corrected chi connectivity index (χ1v) is 43.3. The minimum absolute atomic E-state index is 0.109. The SMILES string of the molecule is CCCCCCCCCCCCCCCCCC(=O)OCC(COP(=O)(O)OCC(O)COP(=O)(O)OCC(COC(=O)CCCCCCCCCCCCCCCCC)OC(=O)CCCCCCCCCCCCCCC)OC(=O)CCCCCCCCCCCCCCC. The van der Waals surface area contributed by atoms with Crippen LogP contribution >= 0.6 is 15.6 Å². The lowest BCUT2D eigenvalue weighted by atomic mass is 10.0. The Labute approximate surface area is 588 Å². The third-order valence-electron chi connectivity index (χ3n) is 18.1. The first-order chi connectivity index (χ1) is 46.7. The van der Waals surface area contributed by atoms with E-state index in [9.17, 15) is 43.2 Å². The summed E-state index contributed by atoms with van der Waals surface area (Å²) < 4.78 is 68.6. The van der Waals surface area contributed by atoms with Crippen LogP contribution in [0.3, 0.4) is 0 Å². The maximum Gasteiger partial charge on any atom is 0.472 e. The van der Waals surface area contributed by atoms with Crippen molar-refractivity contribution in [3.8, 4) is 0 Å². The van der Waals surface area contributed by atoms with Crippen molar-refractivity contribution in [2.24, 2.45) is 0 Å². The van der Waals surface area contributed by atoms with Crippen molar-refractivity contribution >= 4 is 39.5 Å². The van der Waals surface area contributed by atoms with E-state index in [1.54, 1.807) is 0 Å². The van der Waals surface area contributed by atoms with Crippen LogP contribution in [0, 0.1) is 0 Å². The van der Waals surface area contributed by atoms with Gasteiger partial charge in [0.2, 0.25) is 0 Å². The summed E-state index contributed by atoms with van der Waals surface area (Å²) in [5, 5.41) is 10.6. The molecule has 4 atom stereocenters. The highest BCUT2D eigenvalue weighted by molar-refractivity contribution is 7.47. The molecular weight excluding hydrogens is 1260 g/mol. The Morgan fingerprint density at radius 1 is 0.250 bits per heavy atom. The second-order valence-electron chi connectivity index (χ2n) is 27.7. The normalized spacial score (nSPS) is 13.9. The third kappa shape index (κ3) is 70.5. The summed E-state index contributed by atoms with van der Waals surface area (Å²) in [7, 11) is -9.91. The summed E-state index contributed by atoms with van der Waals surface area (Å²) in [6, 6.07) is 0. The maximum atomic E-state index is 13.1. The third-order valence-corrected chi connectivity index (χ3v) is 20.0. The number of esters is 4. The molecule has 4 unspecified atom stereocenters. The number of unbranched alkanes of at least 4 members (excludes halogenated alkanes) is 52. The van der Waals surface area contributed by atoms with E-state index in [0.29, 0.717) is 25.7 Å². The van der Waals surface area contributed by atoms with Gasteiger partial charge >= 0.3 is 39.5 Å². The quantitative estimate of drug-likeness (QED) is 0.0222. The fraction of sp³-hybridized carbons (Fsp3) is 0.948. The highest BCUT2D eigenvalue weighted by Gasteiger charge is 2.30. The van der Waals surface area contributed by atoms with Crippen LogP contribution in [0.1, 0.15) is 413 Å². The van der Waals surface area contributed by atoms with Gasteiger partial charge in [-0.25, -0.2) is 9.13 Å². The number of phosphoric acid groups is 2. The average molecular weight is 1410 g/mol. The van der Waals surface area contributed by atoms with E-state index in [1.165, 1.54) is 244 Å². The van der Waals surface area contributed by atoms with Gasteiger partial charge in [0.05, 0.1) is 26.4 Å². The number of ether oxygens (including phenoxy) is 4. The van der Waals surface area contributed by atoms with Crippen molar-refractivity contribution in [2.75, 3.05) is 39.6 Å². The van der Waals surface area contributed by atoms with Crippen molar-refractivity contribution in [2.45, 2.75) is 431 Å². The van der Waals surface area contributed by atoms with E-state index in [1.807, 2.05) is 0 Å². The highest BCUT2D eigenvalue weighted by atomic mass is 31.2. The molecule has 0 radical (unpaired) electrons. The molecule has 0 aromatic heterocycles. The minimum Gasteiger partial charge on any atom is -0.462 e. The zero-order valence-electron chi connectivity index (χ0n) is 62.4.